The molecule has 23 heavy (non-hydrogen) atoms. The highest BCUT2D eigenvalue weighted by Gasteiger charge is 2.32. The van der Waals surface area contributed by atoms with Crippen molar-refractivity contribution in [3.63, 3.8) is 0 Å². The van der Waals surface area contributed by atoms with Gasteiger partial charge in [-0.2, -0.15) is 18.4 Å². The highest BCUT2D eigenvalue weighted by atomic mass is 19.4. The molecule has 0 aromatic heterocycles. The van der Waals surface area contributed by atoms with Crippen molar-refractivity contribution in [2.24, 2.45) is 11.8 Å². The predicted octanol–water partition coefficient (Wildman–Crippen LogP) is 4.51. The van der Waals surface area contributed by atoms with E-state index in [0.29, 0.717) is 25.9 Å². The van der Waals surface area contributed by atoms with E-state index in [0.717, 1.165) is 0 Å². The van der Waals surface area contributed by atoms with Crippen LogP contribution in [0.25, 0.3) is 0 Å². The molecule has 1 rings (SSSR count). The molecule has 0 spiro atoms. The Morgan fingerprint density at radius 3 is 2.30 bits per heavy atom. The van der Waals surface area contributed by atoms with Gasteiger partial charge in [0.15, 0.2) is 0 Å². The molecule has 7 heteroatoms. The van der Waals surface area contributed by atoms with Crippen LogP contribution in [0.4, 0.5) is 18.0 Å². The number of hydrogen-bond acceptors (Lipinski definition) is 3. The Bertz CT molecular complexity index is 430. The summed E-state index contributed by atoms with van der Waals surface area (Å²) in [6, 6.07) is 2.14. The Balaban J connectivity index is 2.41. The topological polar surface area (TPSA) is 53.3 Å². The summed E-state index contributed by atoms with van der Waals surface area (Å²) in [4.78, 5) is 13.6. The molecule has 0 radical (unpaired) electrons. The van der Waals surface area contributed by atoms with Gasteiger partial charge in [-0.25, -0.2) is 4.79 Å². The number of halogens is 3. The van der Waals surface area contributed by atoms with E-state index >= 15 is 0 Å². The van der Waals surface area contributed by atoms with E-state index in [1.54, 1.807) is 25.7 Å². The maximum atomic E-state index is 12.2. The van der Waals surface area contributed by atoms with Gasteiger partial charge < -0.3 is 9.64 Å². The van der Waals surface area contributed by atoms with Gasteiger partial charge in [0.1, 0.15) is 5.60 Å². The number of carbonyl (C=O) groups excluding carboxylic acids is 1. The average molecular weight is 334 g/mol. The van der Waals surface area contributed by atoms with Crippen molar-refractivity contribution in [2.45, 2.75) is 64.7 Å². The summed E-state index contributed by atoms with van der Waals surface area (Å²) < 4.78 is 41.9. The number of rotatable bonds is 4. The number of piperidine rings is 1. The number of alkyl halides is 3. The zero-order valence-corrected chi connectivity index (χ0v) is 13.9. The first-order valence-corrected chi connectivity index (χ1v) is 7.96. The van der Waals surface area contributed by atoms with Crippen LogP contribution in [-0.4, -0.2) is 35.9 Å². The number of hydrogen-bond donors (Lipinski definition) is 0. The van der Waals surface area contributed by atoms with Crippen molar-refractivity contribution in [3.05, 3.63) is 0 Å². The van der Waals surface area contributed by atoms with Crippen LogP contribution in [0.2, 0.25) is 0 Å². The quantitative estimate of drug-likeness (QED) is 0.760. The monoisotopic (exact) mass is 334 g/mol. The molecule has 1 amide bonds. The molecule has 1 fully saturated rings. The fraction of sp³-hybridized carbons (Fsp3) is 0.875. The molecular weight excluding hydrogens is 309 g/mol. The van der Waals surface area contributed by atoms with Gasteiger partial charge >= 0.3 is 12.3 Å². The highest BCUT2D eigenvalue weighted by Crippen LogP contribution is 2.31. The fourth-order valence-corrected chi connectivity index (χ4v) is 2.74. The Hall–Kier alpha value is -1.45. The molecule has 1 heterocycles. The molecule has 1 saturated heterocycles. The highest BCUT2D eigenvalue weighted by molar-refractivity contribution is 5.68. The van der Waals surface area contributed by atoms with Crippen LogP contribution in [0.1, 0.15) is 52.9 Å². The number of amides is 1. The minimum atomic E-state index is -4.17. The number of likely N-dealkylation sites (tertiary alicyclic amines) is 1. The fourth-order valence-electron chi connectivity index (χ4n) is 2.74. The molecule has 4 nitrogen and oxygen atoms in total. The van der Waals surface area contributed by atoms with Crippen LogP contribution in [0.5, 0.6) is 0 Å². The minimum absolute atomic E-state index is 0.0198. The van der Waals surface area contributed by atoms with Crippen LogP contribution >= 0.6 is 0 Å². The van der Waals surface area contributed by atoms with Crippen molar-refractivity contribution in [3.8, 4) is 6.07 Å². The standard InChI is InChI=1S/C16H25F3N2O2/c1-15(2,3)23-14(22)21-9-6-12(7-10-21)13(11-20)5-4-8-16(17,18)19/h12-13H,4-10H2,1-3H3. The van der Waals surface area contributed by atoms with Gasteiger partial charge in [0, 0.05) is 25.4 Å². The molecule has 0 bridgehead atoms. The molecular formula is C16H25F3N2O2. The van der Waals surface area contributed by atoms with Crippen molar-refractivity contribution in [2.75, 3.05) is 13.1 Å². The van der Waals surface area contributed by atoms with Gasteiger partial charge in [0.25, 0.3) is 0 Å². The maximum Gasteiger partial charge on any atom is 0.410 e. The van der Waals surface area contributed by atoms with Gasteiger partial charge in [0.2, 0.25) is 0 Å². The second-order valence-electron chi connectivity index (χ2n) is 7.05. The number of ether oxygens (including phenoxy) is 1. The summed E-state index contributed by atoms with van der Waals surface area (Å²) in [5.41, 5.74) is -0.555. The third-order valence-corrected chi connectivity index (χ3v) is 3.90. The van der Waals surface area contributed by atoms with Crippen LogP contribution in [-0.2, 0) is 4.74 Å². The lowest BCUT2D eigenvalue weighted by molar-refractivity contribution is -0.136. The summed E-state index contributed by atoms with van der Waals surface area (Å²) in [5.74, 6) is -0.329. The zero-order valence-electron chi connectivity index (χ0n) is 13.9. The normalized spacial score (nSPS) is 18.4. The predicted molar refractivity (Wildman–Crippen MR) is 79.5 cm³/mol. The van der Waals surface area contributed by atoms with E-state index in [2.05, 4.69) is 6.07 Å². The second-order valence-corrected chi connectivity index (χ2v) is 7.05. The van der Waals surface area contributed by atoms with E-state index in [-0.39, 0.29) is 30.8 Å². The summed E-state index contributed by atoms with van der Waals surface area (Å²) in [5, 5.41) is 9.20. The first-order valence-electron chi connectivity index (χ1n) is 7.96. The molecule has 1 unspecified atom stereocenters. The van der Waals surface area contributed by atoms with E-state index in [4.69, 9.17) is 4.74 Å². The average Bonchev–Trinajstić information content (AvgIpc) is 2.41. The molecule has 0 N–H and O–H groups in total. The summed E-state index contributed by atoms with van der Waals surface area (Å²) in [7, 11) is 0. The van der Waals surface area contributed by atoms with Gasteiger partial charge in [-0.1, -0.05) is 0 Å². The molecule has 0 saturated carbocycles. The maximum absolute atomic E-state index is 12.2. The Kier molecular flexibility index (Phi) is 6.72. The first kappa shape index (κ1) is 19.6. The van der Waals surface area contributed by atoms with Crippen LogP contribution < -0.4 is 0 Å². The molecule has 1 atom stereocenters. The van der Waals surface area contributed by atoms with Gasteiger partial charge in [-0.3, -0.25) is 0 Å². The van der Waals surface area contributed by atoms with Crippen molar-refractivity contribution in [1.82, 2.24) is 4.90 Å². The zero-order chi connectivity index (χ0) is 17.7. The lowest BCUT2D eigenvalue weighted by Gasteiger charge is -2.35. The lowest BCUT2D eigenvalue weighted by Crippen LogP contribution is -2.42. The van der Waals surface area contributed by atoms with Gasteiger partial charge in [-0.05, 0) is 52.4 Å². The van der Waals surface area contributed by atoms with Crippen molar-refractivity contribution < 1.29 is 22.7 Å². The summed E-state index contributed by atoms with van der Waals surface area (Å²) in [6.07, 6.45) is -3.89. The molecule has 0 aliphatic carbocycles. The van der Waals surface area contributed by atoms with Crippen molar-refractivity contribution in [1.29, 1.82) is 5.26 Å². The Morgan fingerprint density at radius 1 is 1.30 bits per heavy atom. The molecule has 0 aromatic rings. The largest absolute Gasteiger partial charge is 0.444 e. The van der Waals surface area contributed by atoms with Crippen LogP contribution in [0.15, 0.2) is 0 Å². The second kappa shape index (κ2) is 7.89. The summed E-state index contributed by atoms with van der Waals surface area (Å²) in [6.45, 7) is 6.35. The third kappa shape index (κ3) is 7.58. The smallest absolute Gasteiger partial charge is 0.410 e. The first-order chi connectivity index (χ1) is 10.5. The molecule has 132 valence electrons. The molecule has 1 aliphatic heterocycles. The number of nitrogens with zero attached hydrogens (tertiary/aromatic N) is 2. The van der Waals surface area contributed by atoms with E-state index < -0.39 is 18.2 Å². The Labute approximate surface area is 135 Å². The lowest BCUT2D eigenvalue weighted by atomic mass is 9.82. The number of nitriles is 1. The van der Waals surface area contributed by atoms with E-state index in [1.807, 2.05) is 0 Å². The van der Waals surface area contributed by atoms with Gasteiger partial charge in [-0.15, -0.1) is 0 Å². The summed E-state index contributed by atoms with van der Waals surface area (Å²) >= 11 is 0. The number of carbonyl (C=O) groups is 1. The minimum Gasteiger partial charge on any atom is -0.444 e. The van der Waals surface area contributed by atoms with E-state index in [9.17, 15) is 23.2 Å². The van der Waals surface area contributed by atoms with Crippen LogP contribution in [0.3, 0.4) is 0 Å². The van der Waals surface area contributed by atoms with Gasteiger partial charge in [0.05, 0.1) is 6.07 Å². The van der Waals surface area contributed by atoms with Crippen LogP contribution in [0, 0.1) is 23.2 Å². The van der Waals surface area contributed by atoms with E-state index in [1.165, 1.54) is 0 Å². The SMILES string of the molecule is CC(C)(C)OC(=O)N1CCC(C(C#N)CCCC(F)(F)F)CC1. The van der Waals surface area contributed by atoms with Crippen molar-refractivity contribution >= 4 is 6.09 Å². The molecule has 1 aliphatic rings. The Morgan fingerprint density at radius 2 is 1.87 bits per heavy atom. The third-order valence-electron chi connectivity index (χ3n) is 3.90. The molecule has 0 aromatic carbocycles.